The lowest BCUT2D eigenvalue weighted by atomic mass is 10.3. The summed E-state index contributed by atoms with van der Waals surface area (Å²) in [6.07, 6.45) is 3.51. The Balaban J connectivity index is 3.01. The third-order valence-electron chi connectivity index (χ3n) is 1.21. The molecule has 0 aliphatic heterocycles. The second-order valence-corrected chi connectivity index (χ2v) is 2.59. The van der Waals surface area contributed by atoms with E-state index in [0.717, 1.165) is 11.8 Å². The van der Waals surface area contributed by atoms with Gasteiger partial charge >= 0.3 is 0 Å². The molecule has 3 nitrogen and oxygen atoms in total. The van der Waals surface area contributed by atoms with E-state index in [1.54, 1.807) is 6.26 Å². The van der Waals surface area contributed by atoms with Crippen LogP contribution in [0.15, 0.2) is 16.7 Å². The van der Waals surface area contributed by atoms with Crippen molar-refractivity contribution in [2.45, 2.75) is 0 Å². The van der Waals surface area contributed by atoms with Crippen LogP contribution in [0.1, 0.15) is 20.9 Å². The first kappa shape index (κ1) is 8.07. The van der Waals surface area contributed by atoms with E-state index in [1.807, 2.05) is 0 Å². The van der Waals surface area contributed by atoms with E-state index in [9.17, 15) is 9.59 Å². The zero-order valence-electron chi connectivity index (χ0n) is 5.87. The van der Waals surface area contributed by atoms with E-state index in [2.05, 4.69) is 0 Å². The molecule has 0 bridgehead atoms. The summed E-state index contributed by atoms with van der Waals surface area (Å²) in [7, 11) is 0. The van der Waals surface area contributed by atoms with Gasteiger partial charge in [0.25, 0.3) is 0 Å². The maximum atomic E-state index is 11.0. The maximum Gasteiger partial charge on any atom is 0.223 e. The Labute approximate surface area is 67.8 Å². The first-order valence-corrected chi connectivity index (χ1v) is 4.13. The van der Waals surface area contributed by atoms with Gasteiger partial charge in [0.1, 0.15) is 0 Å². The zero-order valence-corrected chi connectivity index (χ0v) is 6.68. The van der Waals surface area contributed by atoms with Crippen LogP contribution in [0.25, 0.3) is 0 Å². The van der Waals surface area contributed by atoms with Gasteiger partial charge in [0.05, 0.1) is 11.8 Å². The molecular formula is C7H6O3S. The van der Waals surface area contributed by atoms with Crippen molar-refractivity contribution in [2.24, 2.45) is 0 Å². The first-order chi connectivity index (χ1) is 5.29. The van der Waals surface area contributed by atoms with Gasteiger partial charge < -0.3 is 4.42 Å². The van der Waals surface area contributed by atoms with Crippen LogP contribution in [-0.2, 0) is 0 Å². The highest BCUT2D eigenvalue weighted by Crippen LogP contribution is 2.14. The van der Waals surface area contributed by atoms with Gasteiger partial charge in [0.2, 0.25) is 5.12 Å². The van der Waals surface area contributed by atoms with E-state index < -0.39 is 0 Å². The Hall–Kier alpha value is -1.03. The van der Waals surface area contributed by atoms with Gasteiger partial charge in [-0.15, -0.1) is 0 Å². The molecule has 1 aromatic heterocycles. The number of hydrogen-bond donors (Lipinski definition) is 0. The summed E-state index contributed by atoms with van der Waals surface area (Å²) in [5.74, 6) is 0.101. The molecule has 11 heavy (non-hydrogen) atoms. The number of carbonyl (C=O) groups is 2. The fourth-order valence-corrected chi connectivity index (χ4v) is 1.08. The second-order valence-electron chi connectivity index (χ2n) is 1.81. The zero-order chi connectivity index (χ0) is 8.27. The van der Waals surface area contributed by atoms with Crippen molar-refractivity contribution < 1.29 is 14.0 Å². The Bertz CT molecular complexity index is 277. The van der Waals surface area contributed by atoms with Crippen LogP contribution in [0.4, 0.5) is 0 Å². The smallest absolute Gasteiger partial charge is 0.223 e. The number of thioether (sulfide) groups is 1. The fourth-order valence-electron chi connectivity index (χ4n) is 0.691. The third-order valence-corrected chi connectivity index (χ3v) is 1.80. The number of rotatable bonds is 2. The highest BCUT2D eigenvalue weighted by molar-refractivity contribution is 8.13. The van der Waals surface area contributed by atoms with Crippen molar-refractivity contribution in [1.29, 1.82) is 0 Å². The lowest BCUT2D eigenvalue weighted by molar-refractivity contribution is 0.106. The molecule has 0 radical (unpaired) electrons. The molecule has 58 valence electrons. The van der Waals surface area contributed by atoms with Crippen molar-refractivity contribution in [3.8, 4) is 0 Å². The van der Waals surface area contributed by atoms with Crippen molar-refractivity contribution in [3.05, 3.63) is 23.7 Å². The Morgan fingerprint density at radius 2 is 2.45 bits per heavy atom. The number of furan rings is 1. The van der Waals surface area contributed by atoms with E-state index >= 15 is 0 Å². The van der Waals surface area contributed by atoms with Crippen LogP contribution < -0.4 is 0 Å². The van der Waals surface area contributed by atoms with Crippen LogP contribution in [0, 0.1) is 0 Å². The van der Waals surface area contributed by atoms with Crippen LogP contribution in [-0.4, -0.2) is 17.7 Å². The summed E-state index contributed by atoms with van der Waals surface area (Å²) in [4.78, 5) is 21.3. The lowest BCUT2D eigenvalue weighted by Crippen LogP contribution is -1.93. The molecule has 0 amide bonds. The summed E-state index contributed by atoms with van der Waals surface area (Å²) < 4.78 is 4.73. The Morgan fingerprint density at radius 3 is 3.00 bits per heavy atom. The molecular weight excluding hydrogens is 164 g/mol. The van der Waals surface area contributed by atoms with E-state index in [1.165, 1.54) is 12.3 Å². The Kier molecular flexibility index (Phi) is 2.48. The average Bonchev–Trinajstić information content (AvgIpc) is 2.50. The molecule has 0 N–H and O–H groups in total. The van der Waals surface area contributed by atoms with Gasteiger partial charge in [-0.05, 0) is 12.3 Å². The maximum absolute atomic E-state index is 11.0. The molecule has 1 rings (SSSR count). The fraction of sp³-hybridized carbons (Fsp3) is 0.143. The third kappa shape index (κ3) is 1.51. The quantitative estimate of drug-likeness (QED) is 0.632. The molecule has 1 aromatic rings. The molecule has 0 fully saturated rings. The number of aldehydes is 1. The van der Waals surface area contributed by atoms with Gasteiger partial charge in [0.15, 0.2) is 12.0 Å². The highest BCUT2D eigenvalue weighted by atomic mass is 32.2. The molecule has 0 unspecified atom stereocenters. The van der Waals surface area contributed by atoms with Crippen molar-refractivity contribution in [1.82, 2.24) is 0 Å². The molecule has 0 aromatic carbocycles. The van der Waals surface area contributed by atoms with Crippen molar-refractivity contribution in [2.75, 3.05) is 6.26 Å². The van der Waals surface area contributed by atoms with Crippen LogP contribution >= 0.6 is 11.8 Å². The standard InChI is InChI=1S/C7H6O3S/c1-11-7(9)5-2-3-10-6(5)4-8/h2-4H,1H3. The normalized spacial score (nSPS) is 9.55. The van der Waals surface area contributed by atoms with E-state index in [0.29, 0.717) is 11.8 Å². The predicted molar refractivity (Wildman–Crippen MR) is 41.9 cm³/mol. The minimum absolute atomic E-state index is 0.101. The monoisotopic (exact) mass is 170 g/mol. The second kappa shape index (κ2) is 3.39. The van der Waals surface area contributed by atoms with E-state index in [-0.39, 0.29) is 10.9 Å². The molecule has 1 heterocycles. The van der Waals surface area contributed by atoms with Crippen molar-refractivity contribution >= 4 is 23.2 Å². The Morgan fingerprint density at radius 1 is 1.73 bits per heavy atom. The SMILES string of the molecule is CSC(=O)c1ccoc1C=O. The topological polar surface area (TPSA) is 47.3 Å². The molecule has 0 spiro atoms. The van der Waals surface area contributed by atoms with Gasteiger partial charge in [-0.3, -0.25) is 9.59 Å². The minimum Gasteiger partial charge on any atom is -0.461 e. The summed E-state index contributed by atoms with van der Waals surface area (Å²) in [6, 6.07) is 1.49. The lowest BCUT2D eigenvalue weighted by Gasteiger charge is -1.89. The highest BCUT2D eigenvalue weighted by Gasteiger charge is 2.11. The molecule has 0 atom stereocenters. The van der Waals surface area contributed by atoms with Gasteiger partial charge in [-0.1, -0.05) is 11.8 Å². The number of hydrogen-bond acceptors (Lipinski definition) is 4. The molecule has 0 aliphatic rings. The molecule has 0 saturated carbocycles. The molecule has 4 heteroatoms. The predicted octanol–water partition coefficient (Wildman–Crippen LogP) is 1.60. The molecule has 0 aliphatic carbocycles. The van der Waals surface area contributed by atoms with Crippen LogP contribution in [0.2, 0.25) is 0 Å². The van der Waals surface area contributed by atoms with Crippen LogP contribution in [0.5, 0.6) is 0 Å². The number of carbonyl (C=O) groups excluding carboxylic acids is 2. The summed E-state index contributed by atoms with van der Waals surface area (Å²) >= 11 is 1.05. The van der Waals surface area contributed by atoms with Crippen LogP contribution in [0.3, 0.4) is 0 Å². The first-order valence-electron chi connectivity index (χ1n) is 2.90. The van der Waals surface area contributed by atoms with Gasteiger partial charge in [-0.2, -0.15) is 0 Å². The summed E-state index contributed by atoms with van der Waals surface area (Å²) in [5, 5.41) is -0.152. The minimum atomic E-state index is -0.152. The largest absolute Gasteiger partial charge is 0.461 e. The summed E-state index contributed by atoms with van der Waals surface area (Å²) in [6.45, 7) is 0. The van der Waals surface area contributed by atoms with Gasteiger partial charge in [0, 0.05) is 0 Å². The summed E-state index contributed by atoms with van der Waals surface area (Å²) in [5.41, 5.74) is 0.340. The average molecular weight is 170 g/mol. The van der Waals surface area contributed by atoms with Crippen molar-refractivity contribution in [3.63, 3.8) is 0 Å². The molecule has 0 saturated heterocycles. The van der Waals surface area contributed by atoms with Gasteiger partial charge in [-0.25, -0.2) is 0 Å². The van der Waals surface area contributed by atoms with E-state index in [4.69, 9.17) is 4.42 Å².